The topological polar surface area (TPSA) is 41.6 Å². The molecule has 15 heavy (non-hydrogen) atoms. The fourth-order valence-corrected chi connectivity index (χ4v) is 1.94. The summed E-state index contributed by atoms with van der Waals surface area (Å²) >= 11 is 0. The third kappa shape index (κ3) is 2.01. The molecule has 1 heterocycles. The van der Waals surface area contributed by atoms with Crippen molar-refractivity contribution >= 4 is 11.0 Å². The number of rotatable bonds is 4. The van der Waals surface area contributed by atoms with Crippen molar-refractivity contribution in [2.45, 2.75) is 39.5 Å². The van der Waals surface area contributed by atoms with E-state index in [1.807, 2.05) is 6.07 Å². The Morgan fingerprint density at radius 2 is 2.07 bits per heavy atom. The molecule has 3 heteroatoms. The van der Waals surface area contributed by atoms with Gasteiger partial charge in [0.15, 0.2) is 0 Å². The van der Waals surface area contributed by atoms with Crippen LogP contribution >= 0.6 is 0 Å². The van der Waals surface area contributed by atoms with E-state index in [4.69, 9.17) is 0 Å². The van der Waals surface area contributed by atoms with Gasteiger partial charge in [-0.25, -0.2) is 0 Å². The predicted molar refractivity (Wildman–Crippen MR) is 61.9 cm³/mol. The fraction of sp³-hybridized carbons (Fsp3) is 0.500. The molecule has 0 aliphatic heterocycles. The molecule has 0 aliphatic rings. The van der Waals surface area contributed by atoms with Gasteiger partial charge in [0, 0.05) is 0 Å². The van der Waals surface area contributed by atoms with Gasteiger partial charge in [0.1, 0.15) is 11.0 Å². The van der Waals surface area contributed by atoms with Crippen LogP contribution in [0.3, 0.4) is 0 Å². The molecule has 0 bridgehead atoms. The van der Waals surface area contributed by atoms with Crippen molar-refractivity contribution in [3.63, 3.8) is 0 Å². The van der Waals surface area contributed by atoms with Gasteiger partial charge in [0.25, 0.3) is 0 Å². The number of aromatic amines is 1. The van der Waals surface area contributed by atoms with Crippen molar-refractivity contribution in [2.75, 3.05) is 0 Å². The van der Waals surface area contributed by atoms with Gasteiger partial charge < -0.3 is 0 Å². The highest BCUT2D eigenvalue weighted by Gasteiger charge is 2.07. The lowest BCUT2D eigenvalue weighted by molar-refractivity contribution is 0.717. The van der Waals surface area contributed by atoms with Gasteiger partial charge in [-0.3, -0.25) is 0 Å². The molecule has 0 unspecified atom stereocenters. The van der Waals surface area contributed by atoms with Crippen LogP contribution in [-0.2, 0) is 6.42 Å². The lowest BCUT2D eigenvalue weighted by Crippen LogP contribution is -1.92. The van der Waals surface area contributed by atoms with E-state index < -0.39 is 0 Å². The first-order valence-corrected chi connectivity index (χ1v) is 5.62. The van der Waals surface area contributed by atoms with Crippen molar-refractivity contribution in [1.82, 2.24) is 15.4 Å². The number of hydrogen-bond acceptors (Lipinski definition) is 2. The molecule has 0 fully saturated rings. The monoisotopic (exact) mass is 203 g/mol. The maximum atomic E-state index is 4.22. The first-order valence-electron chi connectivity index (χ1n) is 5.62. The van der Waals surface area contributed by atoms with Gasteiger partial charge in [-0.05, 0) is 37.0 Å². The zero-order valence-electron chi connectivity index (χ0n) is 9.38. The van der Waals surface area contributed by atoms with Gasteiger partial charge in [0.05, 0.1) is 0 Å². The number of aryl methyl sites for hydroxylation is 2. The Hall–Kier alpha value is -1.38. The SMILES string of the molecule is CCCCCc1c(C)ccc2n[nH]nc12. The van der Waals surface area contributed by atoms with E-state index in [2.05, 4.69) is 35.3 Å². The molecule has 2 rings (SSSR count). The summed E-state index contributed by atoms with van der Waals surface area (Å²) in [6, 6.07) is 4.16. The Kier molecular flexibility index (Phi) is 2.99. The molecule has 0 amide bonds. The van der Waals surface area contributed by atoms with Crippen LogP contribution in [0.25, 0.3) is 11.0 Å². The van der Waals surface area contributed by atoms with Crippen molar-refractivity contribution in [2.24, 2.45) is 0 Å². The zero-order chi connectivity index (χ0) is 10.7. The van der Waals surface area contributed by atoms with E-state index in [-0.39, 0.29) is 0 Å². The molecular formula is C12H17N3. The summed E-state index contributed by atoms with van der Waals surface area (Å²) in [5.41, 5.74) is 4.71. The standard InChI is InChI=1S/C12H17N3/c1-3-4-5-6-10-9(2)7-8-11-12(10)14-15-13-11/h7-8H,3-6H2,1-2H3,(H,13,14,15). The molecule has 1 aromatic heterocycles. The summed E-state index contributed by atoms with van der Waals surface area (Å²) in [5.74, 6) is 0. The van der Waals surface area contributed by atoms with Gasteiger partial charge in [-0.1, -0.05) is 25.8 Å². The Labute approximate surface area is 89.9 Å². The van der Waals surface area contributed by atoms with Crippen molar-refractivity contribution < 1.29 is 0 Å². The molecule has 0 aliphatic carbocycles. The van der Waals surface area contributed by atoms with E-state index >= 15 is 0 Å². The molecule has 1 aromatic carbocycles. The zero-order valence-corrected chi connectivity index (χ0v) is 9.38. The number of H-pyrrole nitrogens is 1. The molecular weight excluding hydrogens is 186 g/mol. The number of unbranched alkanes of at least 4 members (excludes halogenated alkanes) is 2. The Morgan fingerprint density at radius 3 is 2.87 bits per heavy atom. The number of nitrogens with one attached hydrogen (secondary N) is 1. The highest BCUT2D eigenvalue weighted by Crippen LogP contribution is 2.20. The third-order valence-electron chi connectivity index (χ3n) is 2.86. The molecule has 0 saturated carbocycles. The molecule has 3 nitrogen and oxygen atoms in total. The van der Waals surface area contributed by atoms with Crippen LogP contribution in [0.15, 0.2) is 12.1 Å². The Balaban J connectivity index is 2.30. The van der Waals surface area contributed by atoms with Gasteiger partial charge in [0.2, 0.25) is 0 Å². The van der Waals surface area contributed by atoms with Gasteiger partial charge in [-0.15, -0.1) is 0 Å². The summed E-state index contributed by atoms with van der Waals surface area (Å²) in [7, 11) is 0. The van der Waals surface area contributed by atoms with E-state index in [1.54, 1.807) is 0 Å². The van der Waals surface area contributed by atoms with Crippen LogP contribution in [0.5, 0.6) is 0 Å². The van der Waals surface area contributed by atoms with Crippen molar-refractivity contribution in [3.05, 3.63) is 23.3 Å². The highest BCUT2D eigenvalue weighted by molar-refractivity contribution is 5.78. The van der Waals surface area contributed by atoms with Gasteiger partial charge >= 0.3 is 0 Å². The Bertz CT molecular complexity index is 445. The average molecular weight is 203 g/mol. The smallest absolute Gasteiger partial charge is 0.116 e. The maximum absolute atomic E-state index is 4.22. The number of aromatic nitrogens is 3. The quantitative estimate of drug-likeness (QED) is 0.776. The van der Waals surface area contributed by atoms with Gasteiger partial charge in [-0.2, -0.15) is 15.4 Å². The second-order valence-corrected chi connectivity index (χ2v) is 4.01. The van der Waals surface area contributed by atoms with Crippen molar-refractivity contribution in [1.29, 1.82) is 0 Å². The maximum Gasteiger partial charge on any atom is 0.116 e. The fourth-order valence-electron chi connectivity index (χ4n) is 1.94. The molecule has 0 radical (unpaired) electrons. The number of fused-ring (bicyclic) bond motifs is 1. The first-order chi connectivity index (χ1) is 7.33. The van der Waals surface area contributed by atoms with Crippen LogP contribution in [0.4, 0.5) is 0 Å². The lowest BCUT2D eigenvalue weighted by atomic mass is 10.0. The first kappa shape index (κ1) is 10.1. The molecule has 0 saturated heterocycles. The minimum Gasteiger partial charge on any atom is -0.197 e. The Morgan fingerprint density at radius 1 is 1.20 bits per heavy atom. The summed E-state index contributed by atoms with van der Waals surface area (Å²) < 4.78 is 0. The van der Waals surface area contributed by atoms with E-state index in [0.717, 1.165) is 17.5 Å². The largest absolute Gasteiger partial charge is 0.197 e. The predicted octanol–water partition coefficient (Wildman–Crippen LogP) is 3.00. The third-order valence-corrected chi connectivity index (χ3v) is 2.86. The van der Waals surface area contributed by atoms with Crippen LogP contribution < -0.4 is 0 Å². The van der Waals surface area contributed by atoms with Crippen LogP contribution in [-0.4, -0.2) is 15.4 Å². The number of hydrogen-bond donors (Lipinski definition) is 1. The van der Waals surface area contributed by atoms with Crippen molar-refractivity contribution in [3.8, 4) is 0 Å². The van der Waals surface area contributed by atoms with E-state index in [9.17, 15) is 0 Å². The summed E-state index contributed by atoms with van der Waals surface area (Å²) in [4.78, 5) is 0. The minimum atomic E-state index is 0.979. The van der Waals surface area contributed by atoms with E-state index in [0.29, 0.717) is 0 Å². The normalized spacial score (nSPS) is 11.1. The lowest BCUT2D eigenvalue weighted by Gasteiger charge is -2.05. The molecule has 0 atom stereocenters. The molecule has 1 N–H and O–H groups in total. The number of benzene rings is 1. The summed E-state index contributed by atoms with van der Waals surface area (Å²) in [6.45, 7) is 4.37. The second kappa shape index (κ2) is 4.43. The van der Waals surface area contributed by atoms with E-state index in [1.165, 1.54) is 30.4 Å². The molecule has 0 spiro atoms. The van der Waals surface area contributed by atoms with Crippen LogP contribution in [0.1, 0.15) is 37.3 Å². The highest BCUT2D eigenvalue weighted by atomic mass is 15.3. The summed E-state index contributed by atoms with van der Waals surface area (Å²) in [6.07, 6.45) is 4.90. The second-order valence-electron chi connectivity index (χ2n) is 4.01. The molecule has 2 aromatic rings. The number of nitrogens with zero attached hydrogens (tertiary/aromatic N) is 2. The average Bonchev–Trinajstić information content (AvgIpc) is 2.69. The minimum absolute atomic E-state index is 0.979. The van der Waals surface area contributed by atoms with Crippen LogP contribution in [0, 0.1) is 6.92 Å². The van der Waals surface area contributed by atoms with Crippen LogP contribution in [0.2, 0.25) is 0 Å². The summed E-state index contributed by atoms with van der Waals surface area (Å²) in [5, 5.41) is 11.0. The molecule has 80 valence electrons.